The van der Waals surface area contributed by atoms with Crippen LogP contribution in [0.4, 0.5) is 0 Å². The van der Waals surface area contributed by atoms with Crippen molar-refractivity contribution in [2.24, 2.45) is 0 Å². The lowest BCUT2D eigenvalue weighted by molar-refractivity contribution is -0.136. The number of hydrogen-bond acceptors (Lipinski definition) is 4. The van der Waals surface area contributed by atoms with E-state index in [0.717, 1.165) is 0 Å². The lowest BCUT2D eigenvalue weighted by Gasteiger charge is -2.02. The quantitative estimate of drug-likeness (QED) is 0.393. The van der Waals surface area contributed by atoms with E-state index in [-0.39, 0.29) is 19.0 Å². The normalized spacial score (nSPS) is 7.82. The number of carbonyl (C=O) groups excluding carboxylic acids is 1. The first-order valence-corrected chi connectivity index (χ1v) is 3.10. The summed E-state index contributed by atoms with van der Waals surface area (Å²) in [5.74, 6) is -1.13. The largest absolute Gasteiger partial charge is 0.473 e. The Bertz CT molecular complexity index is 122. The Balaban J connectivity index is 0. The molecule has 0 aliphatic carbocycles. The van der Waals surface area contributed by atoms with Crippen LogP contribution < -0.4 is 0 Å². The molecule has 0 aliphatic heterocycles. The maximum atomic E-state index is 10.6. The number of esters is 1. The SMILES string of the molecule is CCOC(=N)C(=O)OCC.Cl. The van der Waals surface area contributed by atoms with Crippen molar-refractivity contribution in [3.8, 4) is 0 Å². The van der Waals surface area contributed by atoms with Crippen LogP contribution >= 0.6 is 12.4 Å². The highest BCUT2D eigenvalue weighted by molar-refractivity contribution is 6.31. The van der Waals surface area contributed by atoms with Gasteiger partial charge < -0.3 is 9.47 Å². The van der Waals surface area contributed by atoms with Gasteiger partial charge in [0.25, 0.3) is 5.90 Å². The molecule has 66 valence electrons. The third-order valence-electron chi connectivity index (χ3n) is 0.750. The fraction of sp³-hybridized carbons (Fsp3) is 0.667. The van der Waals surface area contributed by atoms with Crippen LogP contribution in [0.2, 0.25) is 0 Å². The van der Waals surface area contributed by atoms with Crippen LogP contribution in [-0.4, -0.2) is 25.1 Å². The molecule has 11 heavy (non-hydrogen) atoms. The molecular formula is C6H12ClNO3. The monoisotopic (exact) mass is 181 g/mol. The van der Waals surface area contributed by atoms with Gasteiger partial charge in [0.15, 0.2) is 0 Å². The highest BCUT2D eigenvalue weighted by Gasteiger charge is 2.09. The Morgan fingerprint density at radius 2 is 1.73 bits per heavy atom. The number of halogens is 1. The Kier molecular flexibility index (Phi) is 8.58. The maximum absolute atomic E-state index is 10.6. The van der Waals surface area contributed by atoms with E-state index in [1.165, 1.54) is 0 Å². The molecule has 0 saturated heterocycles. The van der Waals surface area contributed by atoms with Crippen molar-refractivity contribution in [3.05, 3.63) is 0 Å². The molecule has 5 heteroatoms. The standard InChI is InChI=1S/C6H11NO3.ClH/c1-3-9-5(7)6(8)10-4-2;/h7H,3-4H2,1-2H3;1H. The van der Waals surface area contributed by atoms with Crippen molar-refractivity contribution in [1.82, 2.24) is 0 Å². The molecule has 0 atom stereocenters. The zero-order valence-electron chi connectivity index (χ0n) is 6.55. The number of carbonyl (C=O) groups is 1. The zero-order valence-corrected chi connectivity index (χ0v) is 7.36. The number of hydrogen-bond donors (Lipinski definition) is 1. The van der Waals surface area contributed by atoms with Gasteiger partial charge in [-0.1, -0.05) is 0 Å². The molecule has 0 heterocycles. The lowest BCUT2D eigenvalue weighted by Crippen LogP contribution is -2.19. The van der Waals surface area contributed by atoms with Crippen LogP contribution in [0.25, 0.3) is 0 Å². The van der Waals surface area contributed by atoms with Crippen molar-refractivity contribution in [1.29, 1.82) is 5.41 Å². The highest BCUT2D eigenvalue weighted by atomic mass is 35.5. The second-order valence-electron chi connectivity index (χ2n) is 1.48. The van der Waals surface area contributed by atoms with Gasteiger partial charge in [-0.25, -0.2) is 4.79 Å². The highest BCUT2D eigenvalue weighted by Crippen LogP contribution is 1.83. The minimum atomic E-state index is -0.704. The van der Waals surface area contributed by atoms with Crippen LogP contribution in [-0.2, 0) is 14.3 Å². The average Bonchev–Trinajstić information content (AvgIpc) is 1.89. The molecule has 0 aromatic heterocycles. The number of ether oxygens (including phenoxy) is 2. The first kappa shape index (κ1) is 12.9. The Labute approximate surface area is 71.8 Å². The second kappa shape index (κ2) is 7.34. The van der Waals surface area contributed by atoms with Gasteiger partial charge in [-0.15, -0.1) is 12.4 Å². The third kappa shape index (κ3) is 5.66. The Hall–Kier alpha value is -0.770. The first-order chi connectivity index (χ1) is 4.72. The topological polar surface area (TPSA) is 59.4 Å². The van der Waals surface area contributed by atoms with Crippen molar-refractivity contribution >= 4 is 24.3 Å². The van der Waals surface area contributed by atoms with E-state index in [2.05, 4.69) is 9.47 Å². The molecule has 0 unspecified atom stereocenters. The summed E-state index contributed by atoms with van der Waals surface area (Å²) in [5, 5.41) is 6.90. The van der Waals surface area contributed by atoms with Crippen LogP contribution in [0, 0.1) is 5.41 Å². The van der Waals surface area contributed by atoms with Crippen molar-refractivity contribution in [3.63, 3.8) is 0 Å². The molecule has 0 fully saturated rings. The summed E-state index contributed by atoms with van der Waals surface area (Å²) >= 11 is 0. The Morgan fingerprint density at radius 3 is 2.09 bits per heavy atom. The smallest absolute Gasteiger partial charge is 0.393 e. The summed E-state index contributed by atoms with van der Waals surface area (Å²) in [4.78, 5) is 10.6. The van der Waals surface area contributed by atoms with Gasteiger partial charge in [-0.2, -0.15) is 0 Å². The minimum absolute atomic E-state index is 0. The van der Waals surface area contributed by atoms with Crippen molar-refractivity contribution < 1.29 is 14.3 Å². The van der Waals surface area contributed by atoms with E-state index in [1.54, 1.807) is 13.8 Å². The van der Waals surface area contributed by atoms with E-state index >= 15 is 0 Å². The van der Waals surface area contributed by atoms with E-state index in [4.69, 9.17) is 5.41 Å². The van der Waals surface area contributed by atoms with Gasteiger partial charge >= 0.3 is 5.97 Å². The molecule has 0 amide bonds. The summed E-state index contributed by atoms with van der Waals surface area (Å²) in [6, 6.07) is 0. The fourth-order valence-corrected chi connectivity index (χ4v) is 0.400. The van der Waals surface area contributed by atoms with Gasteiger partial charge in [0.2, 0.25) is 0 Å². The third-order valence-corrected chi connectivity index (χ3v) is 0.750. The molecule has 4 nitrogen and oxygen atoms in total. The van der Waals surface area contributed by atoms with Gasteiger partial charge in [-0.3, -0.25) is 5.41 Å². The Morgan fingerprint density at radius 1 is 1.27 bits per heavy atom. The van der Waals surface area contributed by atoms with E-state index in [9.17, 15) is 4.79 Å². The predicted molar refractivity (Wildman–Crippen MR) is 43.2 cm³/mol. The fourth-order valence-electron chi connectivity index (χ4n) is 0.400. The van der Waals surface area contributed by atoms with Crippen molar-refractivity contribution in [2.45, 2.75) is 13.8 Å². The average molecular weight is 182 g/mol. The van der Waals surface area contributed by atoms with Gasteiger partial charge in [0, 0.05) is 0 Å². The summed E-state index contributed by atoms with van der Waals surface area (Å²) in [5.41, 5.74) is 0. The molecular weight excluding hydrogens is 170 g/mol. The summed E-state index contributed by atoms with van der Waals surface area (Å²) in [7, 11) is 0. The zero-order chi connectivity index (χ0) is 7.98. The van der Waals surface area contributed by atoms with Gasteiger partial charge in [0.05, 0.1) is 13.2 Å². The van der Waals surface area contributed by atoms with Crippen LogP contribution in [0.5, 0.6) is 0 Å². The van der Waals surface area contributed by atoms with Crippen LogP contribution in [0.3, 0.4) is 0 Å². The molecule has 0 aromatic carbocycles. The molecule has 0 spiro atoms. The molecule has 0 saturated carbocycles. The van der Waals surface area contributed by atoms with Crippen LogP contribution in [0.15, 0.2) is 0 Å². The molecule has 1 N–H and O–H groups in total. The molecule has 0 aromatic rings. The summed E-state index contributed by atoms with van der Waals surface area (Å²) in [6.07, 6.45) is 0. The molecule has 0 radical (unpaired) electrons. The number of rotatable bonds is 2. The molecule has 0 aliphatic rings. The van der Waals surface area contributed by atoms with Gasteiger partial charge in [-0.05, 0) is 13.8 Å². The van der Waals surface area contributed by atoms with Crippen molar-refractivity contribution in [2.75, 3.05) is 13.2 Å². The van der Waals surface area contributed by atoms with E-state index in [1.807, 2.05) is 0 Å². The summed E-state index contributed by atoms with van der Waals surface area (Å²) < 4.78 is 9.03. The summed E-state index contributed by atoms with van der Waals surface area (Å²) in [6.45, 7) is 3.97. The van der Waals surface area contributed by atoms with E-state index < -0.39 is 11.9 Å². The van der Waals surface area contributed by atoms with Crippen LogP contribution in [0.1, 0.15) is 13.8 Å². The maximum Gasteiger partial charge on any atom is 0.393 e. The lowest BCUT2D eigenvalue weighted by atomic mass is 10.6. The van der Waals surface area contributed by atoms with E-state index in [0.29, 0.717) is 6.61 Å². The van der Waals surface area contributed by atoms with Gasteiger partial charge in [0.1, 0.15) is 0 Å². The number of nitrogens with one attached hydrogen (secondary N) is 1. The predicted octanol–water partition coefficient (Wildman–Crippen LogP) is 0.985. The second-order valence-corrected chi connectivity index (χ2v) is 1.48. The first-order valence-electron chi connectivity index (χ1n) is 3.10. The minimum Gasteiger partial charge on any atom is -0.473 e. The molecule has 0 rings (SSSR count). The molecule has 0 bridgehead atoms.